The van der Waals surface area contributed by atoms with E-state index in [1.807, 2.05) is 24.3 Å². The average Bonchev–Trinajstić information content (AvgIpc) is 2.52. The number of nitrogens with one attached hydrogen (secondary N) is 1. The predicted octanol–water partition coefficient (Wildman–Crippen LogP) is 3.61. The van der Waals surface area contributed by atoms with Crippen molar-refractivity contribution in [1.82, 2.24) is 5.32 Å². The fourth-order valence-electron chi connectivity index (χ4n) is 1.94. The van der Waals surface area contributed by atoms with Crippen molar-refractivity contribution in [2.24, 2.45) is 0 Å². The van der Waals surface area contributed by atoms with Gasteiger partial charge < -0.3 is 10.1 Å². The molecule has 0 aromatic heterocycles. The number of carbonyl (C=O) groups is 1. The molecule has 0 saturated carbocycles. The van der Waals surface area contributed by atoms with E-state index in [2.05, 4.69) is 5.32 Å². The van der Waals surface area contributed by atoms with Gasteiger partial charge in [0.1, 0.15) is 11.6 Å². The maximum atomic E-state index is 12.7. The van der Waals surface area contributed by atoms with Crippen LogP contribution in [0.25, 0.3) is 0 Å². The van der Waals surface area contributed by atoms with E-state index in [-0.39, 0.29) is 18.3 Å². The highest BCUT2D eigenvalue weighted by atomic mass is 35.5. The van der Waals surface area contributed by atoms with E-state index in [1.165, 1.54) is 24.3 Å². The van der Waals surface area contributed by atoms with E-state index in [1.54, 1.807) is 0 Å². The van der Waals surface area contributed by atoms with Crippen molar-refractivity contribution in [2.75, 3.05) is 13.2 Å². The molecule has 22 heavy (non-hydrogen) atoms. The van der Waals surface area contributed by atoms with E-state index in [9.17, 15) is 9.18 Å². The van der Waals surface area contributed by atoms with Gasteiger partial charge >= 0.3 is 0 Å². The Morgan fingerprint density at radius 2 is 1.86 bits per heavy atom. The van der Waals surface area contributed by atoms with Crippen LogP contribution < -0.4 is 10.1 Å². The third kappa shape index (κ3) is 5.37. The minimum absolute atomic E-state index is 0.0856. The highest BCUT2D eigenvalue weighted by molar-refractivity contribution is 6.31. The van der Waals surface area contributed by atoms with E-state index in [4.69, 9.17) is 16.3 Å². The van der Waals surface area contributed by atoms with Gasteiger partial charge in [-0.15, -0.1) is 0 Å². The monoisotopic (exact) mass is 321 g/mol. The molecule has 5 heteroatoms. The van der Waals surface area contributed by atoms with E-state index in [0.717, 1.165) is 23.4 Å². The van der Waals surface area contributed by atoms with Crippen LogP contribution in [0.2, 0.25) is 5.02 Å². The number of hydrogen-bond donors (Lipinski definition) is 1. The molecule has 0 unspecified atom stereocenters. The Balaban J connectivity index is 1.64. The largest absolute Gasteiger partial charge is 0.484 e. The standard InChI is InChI=1S/C17H17ClFNO2/c18-16-6-2-1-4-13(16)5-3-11-20-17(21)12-22-15-9-7-14(19)8-10-15/h1-2,4,6-10H,3,5,11-12H2,(H,20,21). The van der Waals surface area contributed by atoms with Gasteiger partial charge in [-0.3, -0.25) is 4.79 Å². The third-order valence-electron chi connectivity index (χ3n) is 3.09. The van der Waals surface area contributed by atoms with E-state index < -0.39 is 0 Å². The van der Waals surface area contributed by atoms with Crippen LogP contribution in [0, 0.1) is 5.82 Å². The van der Waals surface area contributed by atoms with Gasteiger partial charge in [0, 0.05) is 11.6 Å². The Bertz CT molecular complexity index is 616. The van der Waals surface area contributed by atoms with Crippen LogP contribution in [0.5, 0.6) is 5.75 Å². The molecule has 0 radical (unpaired) electrons. The molecule has 0 aliphatic carbocycles. The Morgan fingerprint density at radius 3 is 2.59 bits per heavy atom. The number of halogens is 2. The zero-order valence-electron chi connectivity index (χ0n) is 12.0. The number of ether oxygens (including phenoxy) is 1. The first-order valence-corrected chi connectivity index (χ1v) is 7.41. The quantitative estimate of drug-likeness (QED) is 0.791. The lowest BCUT2D eigenvalue weighted by atomic mass is 10.1. The maximum absolute atomic E-state index is 12.7. The molecule has 0 fully saturated rings. The molecular formula is C17H17ClFNO2. The van der Waals surface area contributed by atoms with Crippen molar-refractivity contribution in [2.45, 2.75) is 12.8 Å². The maximum Gasteiger partial charge on any atom is 0.257 e. The van der Waals surface area contributed by atoms with E-state index >= 15 is 0 Å². The molecular weight excluding hydrogens is 305 g/mol. The summed E-state index contributed by atoms with van der Waals surface area (Å²) >= 11 is 6.06. The molecule has 0 heterocycles. The number of aryl methyl sites for hydroxylation is 1. The zero-order chi connectivity index (χ0) is 15.8. The number of rotatable bonds is 7. The van der Waals surface area contributed by atoms with Gasteiger partial charge in [-0.25, -0.2) is 4.39 Å². The molecule has 0 atom stereocenters. The second kappa shape index (κ2) is 8.39. The SMILES string of the molecule is O=C(COc1ccc(F)cc1)NCCCc1ccccc1Cl. The van der Waals surface area contributed by atoms with Crippen molar-refractivity contribution in [3.63, 3.8) is 0 Å². The van der Waals surface area contributed by atoms with Crippen LogP contribution in [-0.4, -0.2) is 19.1 Å². The lowest BCUT2D eigenvalue weighted by Gasteiger charge is -2.08. The molecule has 1 amide bonds. The molecule has 0 aliphatic heterocycles. The fraction of sp³-hybridized carbons (Fsp3) is 0.235. The van der Waals surface area contributed by atoms with Crippen LogP contribution >= 0.6 is 11.6 Å². The smallest absolute Gasteiger partial charge is 0.257 e. The van der Waals surface area contributed by atoms with Crippen molar-refractivity contribution in [3.8, 4) is 5.75 Å². The Labute approximate surface area is 134 Å². The fourth-order valence-corrected chi connectivity index (χ4v) is 2.17. The summed E-state index contributed by atoms with van der Waals surface area (Å²) in [6.07, 6.45) is 1.60. The van der Waals surface area contributed by atoms with Crippen LogP contribution in [0.4, 0.5) is 4.39 Å². The first kappa shape index (κ1) is 16.3. The predicted molar refractivity (Wildman–Crippen MR) is 84.7 cm³/mol. The van der Waals surface area contributed by atoms with Crippen molar-refractivity contribution in [3.05, 3.63) is 64.9 Å². The van der Waals surface area contributed by atoms with Crippen LogP contribution in [0.3, 0.4) is 0 Å². The summed E-state index contributed by atoms with van der Waals surface area (Å²) < 4.78 is 18.0. The summed E-state index contributed by atoms with van der Waals surface area (Å²) in [5.41, 5.74) is 1.07. The third-order valence-corrected chi connectivity index (χ3v) is 3.46. The van der Waals surface area contributed by atoms with E-state index in [0.29, 0.717) is 12.3 Å². The Hall–Kier alpha value is -2.07. The summed E-state index contributed by atoms with van der Waals surface area (Å²) in [5.74, 6) is -0.0764. The summed E-state index contributed by atoms with van der Waals surface area (Å²) in [4.78, 5) is 11.6. The number of hydrogen-bond acceptors (Lipinski definition) is 2. The van der Waals surface area contributed by atoms with Crippen LogP contribution in [-0.2, 0) is 11.2 Å². The Kier molecular flexibility index (Phi) is 6.22. The molecule has 3 nitrogen and oxygen atoms in total. The molecule has 116 valence electrons. The number of benzene rings is 2. The summed E-state index contributed by atoms with van der Waals surface area (Å²) in [6, 6.07) is 13.2. The van der Waals surface area contributed by atoms with Gasteiger partial charge in [-0.05, 0) is 48.7 Å². The molecule has 0 spiro atoms. The van der Waals surface area contributed by atoms with Gasteiger partial charge in [0.25, 0.3) is 5.91 Å². The van der Waals surface area contributed by atoms with Crippen LogP contribution in [0.15, 0.2) is 48.5 Å². The van der Waals surface area contributed by atoms with Crippen molar-refractivity contribution >= 4 is 17.5 Å². The number of amides is 1. The second-order valence-corrected chi connectivity index (χ2v) is 5.19. The van der Waals surface area contributed by atoms with Crippen molar-refractivity contribution in [1.29, 1.82) is 0 Å². The Morgan fingerprint density at radius 1 is 1.14 bits per heavy atom. The molecule has 0 saturated heterocycles. The first-order chi connectivity index (χ1) is 10.6. The molecule has 1 N–H and O–H groups in total. The minimum atomic E-state index is -0.337. The molecule has 2 aromatic carbocycles. The zero-order valence-corrected chi connectivity index (χ0v) is 12.8. The topological polar surface area (TPSA) is 38.3 Å². The molecule has 2 rings (SSSR count). The highest BCUT2D eigenvalue weighted by Gasteiger charge is 2.03. The minimum Gasteiger partial charge on any atom is -0.484 e. The summed E-state index contributed by atoms with van der Waals surface area (Å²) in [5, 5.41) is 3.52. The number of carbonyl (C=O) groups excluding carboxylic acids is 1. The van der Waals surface area contributed by atoms with Crippen molar-refractivity contribution < 1.29 is 13.9 Å². The van der Waals surface area contributed by atoms with Gasteiger partial charge in [-0.1, -0.05) is 29.8 Å². The highest BCUT2D eigenvalue weighted by Crippen LogP contribution is 2.16. The molecule has 2 aromatic rings. The second-order valence-electron chi connectivity index (χ2n) is 4.79. The first-order valence-electron chi connectivity index (χ1n) is 7.03. The lowest BCUT2D eigenvalue weighted by molar-refractivity contribution is -0.123. The average molecular weight is 322 g/mol. The molecule has 0 bridgehead atoms. The van der Waals surface area contributed by atoms with Gasteiger partial charge in [0.05, 0.1) is 0 Å². The molecule has 0 aliphatic rings. The van der Waals surface area contributed by atoms with Gasteiger partial charge in [0.15, 0.2) is 6.61 Å². The van der Waals surface area contributed by atoms with Gasteiger partial charge in [-0.2, -0.15) is 0 Å². The summed E-state index contributed by atoms with van der Waals surface area (Å²) in [6.45, 7) is 0.467. The lowest BCUT2D eigenvalue weighted by Crippen LogP contribution is -2.29. The van der Waals surface area contributed by atoms with Crippen LogP contribution in [0.1, 0.15) is 12.0 Å². The normalized spacial score (nSPS) is 10.3. The van der Waals surface area contributed by atoms with Gasteiger partial charge in [0.2, 0.25) is 0 Å². The summed E-state index contributed by atoms with van der Waals surface area (Å²) in [7, 11) is 0.